The number of carbonyl (C=O) groups is 1. The van der Waals surface area contributed by atoms with Crippen LogP contribution in [0.4, 0.5) is 4.39 Å². The van der Waals surface area contributed by atoms with Gasteiger partial charge in [0.05, 0.1) is 12.2 Å². The number of benzene rings is 1. The average molecular weight is 363 g/mol. The van der Waals surface area contributed by atoms with Gasteiger partial charge in [0.1, 0.15) is 5.82 Å². The van der Waals surface area contributed by atoms with Gasteiger partial charge in [0.15, 0.2) is 0 Å². The van der Waals surface area contributed by atoms with Crippen molar-refractivity contribution in [2.45, 2.75) is 25.3 Å². The molecular formula is C13H15FINO2. The molecule has 0 saturated heterocycles. The summed E-state index contributed by atoms with van der Waals surface area (Å²) >= 11 is 1.97. The minimum absolute atomic E-state index is 0.0417. The van der Waals surface area contributed by atoms with Gasteiger partial charge in [0.2, 0.25) is 0 Å². The van der Waals surface area contributed by atoms with Crippen LogP contribution in [0.25, 0.3) is 0 Å². The Bertz CT molecular complexity index is 449. The van der Waals surface area contributed by atoms with Crippen LogP contribution in [-0.2, 0) is 0 Å². The van der Waals surface area contributed by atoms with E-state index in [2.05, 4.69) is 0 Å². The van der Waals surface area contributed by atoms with Gasteiger partial charge in [-0.1, -0.05) is 0 Å². The lowest BCUT2D eigenvalue weighted by molar-refractivity contribution is 0.0524. The summed E-state index contributed by atoms with van der Waals surface area (Å²) in [6, 6.07) is 4.40. The Labute approximate surface area is 119 Å². The Hall–Kier alpha value is -0.690. The predicted molar refractivity (Wildman–Crippen MR) is 74.9 cm³/mol. The third kappa shape index (κ3) is 2.83. The quantitative estimate of drug-likeness (QED) is 0.835. The van der Waals surface area contributed by atoms with Gasteiger partial charge < -0.3 is 10.0 Å². The lowest BCUT2D eigenvalue weighted by Gasteiger charge is -2.37. The summed E-state index contributed by atoms with van der Waals surface area (Å²) in [7, 11) is 0. The zero-order chi connectivity index (χ0) is 13.1. The number of amides is 1. The molecule has 1 amide bonds. The fourth-order valence-electron chi connectivity index (χ4n) is 2.07. The third-order valence-corrected chi connectivity index (χ3v) is 4.17. The molecule has 0 aromatic heterocycles. The highest BCUT2D eigenvalue weighted by Gasteiger charge is 2.29. The number of aliphatic hydroxyl groups excluding tert-OH is 1. The summed E-state index contributed by atoms with van der Waals surface area (Å²) in [6.45, 7) is 0.303. The normalized spacial score (nSPS) is 15.3. The average Bonchev–Trinajstić information content (AvgIpc) is 2.25. The summed E-state index contributed by atoms with van der Waals surface area (Å²) < 4.78 is 13.6. The van der Waals surface area contributed by atoms with E-state index in [1.165, 1.54) is 18.2 Å². The summed E-state index contributed by atoms with van der Waals surface area (Å²) in [6.07, 6.45) is 3.10. The first-order valence-corrected chi connectivity index (χ1v) is 7.08. The predicted octanol–water partition coefficient (Wildman–Crippen LogP) is 2.42. The van der Waals surface area contributed by atoms with Crippen molar-refractivity contribution < 1.29 is 14.3 Å². The van der Waals surface area contributed by atoms with Gasteiger partial charge in [-0.05, 0) is 60.1 Å². The molecule has 18 heavy (non-hydrogen) atoms. The summed E-state index contributed by atoms with van der Waals surface area (Å²) in [4.78, 5) is 14.1. The van der Waals surface area contributed by atoms with Crippen LogP contribution in [0.15, 0.2) is 18.2 Å². The first kappa shape index (κ1) is 13.7. The molecule has 98 valence electrons. The van der Waals surface area contributed by atoms with E-state index in [1.54, 1.807) is 4.90 Å². The number of halogens is 2. The van der Waals surface area contributed by atoms with Crippen molar-refractivity contribution in [2.75, 3.05) is 13.2 Å². The molecule has 2 rings (SSSR count). The molecule has 1 aliphatic rings. The van der Waals surface area contributed by atoms with Crippen LogP contribution in [0.2, 0.25) is 0 Å². The van der Waals surface area contributed by atoms with Crippen molar-refractivity contribution in [2.24, 2.45) is 0 Å². The van der Waals surface area contributed by atoms with Gasteiger partial charge >= 0.3 is 0 Å². The Morgan fingerprint density at radius 3 is 2.72 bits per heavy atom. The Kier molecular flexibility index (Phi) is 4.55. The van der Waals surface area contributed by atoms with Crippen molar-refractivity contribution in [1.82, 2.24) is 4.90 Å². The van der Waals surface area contributed by atoms with Crippen molar-refractivity contribution in [1.29, 1.82) is 0 Å². The standard InChI is InChI=1S/C13H15FINO2/c14-9-4-5-11(12(15)8-9)13(18)16(6-7-17)10-2-1-3-10/h4-5,8,10,17H,1-3,6-7H2. The molecule has 0 atom stereocenters. The number of hydrogen-bond acceptors (Lipinski definition) is 2. The molecule has 0 radical (unpaired) electrons. The number of nitrogens with zero attached hydrogens (tertiary/aromatic N) is 1. The van der Waals surface area contributed by atoms with Crippen LogP contribution in [0.5, 0.6) is 0 Å². The van der Waals surface area contributed by atoms with Crippen LogP contribution in [0.3, 0.4) is 0 Å². The van der Waals surface area contributed by atoms with Crippen LogP contribution >= 0.6 is 22.6 Å². The van der Waals surface area contributed by atoms with Crippen LogP contribution in [0, 0.1) is 9.39 Å². The van der Waals surface area contributed by atoms with E-state index >= 15 is 0 Å². The van der Waals surface area contributed by atoms with E-state index in [-0.39, 0.29) is 24.4 Å². The SMILES string of the molecule is O=C(c1ccc(F)cc1I)N(CCO)C1CCC1. The molecular weight excluding hydrogens is 348 g/mol. The van der Waals surface area contributed by atoms with E-state index in [1.807, 2.05) is 22.6 Å². The second kappa shape index (κ2) is 5.97. The second-order valence-electron chi connectivity index (χ2n) is 4.43. The molecule has 1 fully saturated rings. The van der Waals surface area contributed by atoms with E-state index in [0.29, 0.717) is 15.7 Å². The van der Waals surface area contributed by atoms with Crippen molar-refractivity contribution in [3.63, 3.8) is 0 Å². The highest BCUT2D eigenvalue weighted by molar-refractivity contribution is 14.1. The largest absolute Gasteiger partial charge is 0.395 e. The van der Waals surface area contributed by atoms with Gasteiger partial charge in [-0.15, -0.1) is 0 Å². The third-order valence-electron chi connectivity index (χ3n) is 3.28. The minimum atomic E-state index is -0.340. The number of rotatable bonds is 4. The summed E-state index contributed by atoms with van der Waals surface area (Å²) in [5.41, 5.74) is 0.511. The number of carbonyl (C=O) groups excluding carboxylic acids is 1. The van der Waals surface area contributed by atoms with Crippen molar-refractivity contribution in [3.05, 3.63) is 33.1 Å². The van der Waals surface area contributed by atoms with E-state index < -0.39 is 0 Å². The Morgan fingerprint density at radius 1 is 1.50 bits per heavy atom. The van der Waals surface area contributed by atoms with Crippen molar-refractivity contribution in [3.8, 4) is 0 Å². The molecule has 0 bridgehead atoms. The maximum Gasteiger partial charge on any atom is 0.255 e. The van der Waals surface area contributed by atoms with Gasteiger partial charge in [0, 0.05) is 16.2 Å². The van der Waals surface area contributed by atoms with Gasteiger partial charge in [-0.25, -0.2) is 4.39 Å². The monoisotopic (exact) mass is 363 g/mol. The molecule has 1 aliphatic carbocycles. The fourth-order valence-corrected chi connectivity index (χ4v) is 2.78. The highest BCUT2D eigenvalue weighted by atomic mass is 127. The molecule has 1 aromatic rings. The zero-order valence-corrected chi connectivity index (χ0v) is 12.1. The zero-order valence-electron chi connectivity index (χ0n) is 9.90. The van der Waals surface area contributed by atoms with Crippen molar-refractivity contribution >= 4 is 28.5 Å². The molecule has 3 nitrogen and oxygen atoms in total. The summed E-state index contributed by atoms with van der Waals surface area (Å²) in [5, 5.41) is 9.06. The van der Waals surface area contributed by atoms with Gasteiger partial charge in [0.25, 0.3) is 5.91 Å². The Morgan fingerprint density at radius 2 is 2.22 bits per heavy atom. The first-order chi connectivity index (χ1) is 8.63. The highest BCUT2D eigenvalue weighted by Crippen LogP contribution is 2.27. The van der Waals surface area contributed by atoms with Crippen LogP contribution in [-0.4, -0.2) is 35.1 Å². The molecule has 1 saturated carbocycles. The molecule has 1 N–H and O–H groups in total. The lowest BCUT2D eigenvalue weighted by Crippen LogP contribution is -2.45. The minimum Gasteiger partial charge on any atom is -0.395 e. The number of hydrogen-bond donors (Lipinski definition) is 1. The molecule has 0 unspecified atom stereocenters. The van der Waals surface area contributed by atoms with E-state index in [4.69, 9.17) is 5.11 Å². The van der Waals surface area contributed by atoms with E-state index in [9.17, 15) is 9.18 Å². The first-order valence-electron chi connectivity index (χ1n) is 6.00. The van der Waals surface area contributed by atoms with Gasteiger partial charge in [-0.2, -0.15) is 0 Å². The summed E-state index contributed by atoms with van der Waals surface area (Å²) in [5.74, 6) is -0.452. The van der Waals surface area contributed by atoms with Crippen LogP contribution < -0.4 is 0 Å². The van der Waals surface area contributed by atoms with E-state index in [0.717, 1.165) is 19.3 Å². The maximum atomic E-state index is 13.0. The molecule has 1 aromatic carbocycles. The maximum absolute atomic E-state index is 13.0. The van der Waals surface area contributed by atoms with Crippen LogP contribution in [0.1, 0.15) is 29.6 Å². The molecule has 0 spiro atoms. The molecule has 0 aliphatic heterocycles. The number of aliphatic hydroxyl groups is 1. The molecule has 0 heterocycles. The fraction of sp³-hybridized carbons (Fsp3) is 0.462. The Balaban J connectivity index is 2.21. The lowest BCUT2D eigenvalue weighted by atomic mass is 9.91. The topological polar surface area (TPSA) is 40.5 Å². The molecule has 5 heteroatoms. The van der Waals surface area contributed by atoms with Gasteiger partial charge in [-0.3, -0.25) is 4.79 Å². The smallest absolute Gasteiger partial charge is 0.255 e. The second-order valence-corrected chi connectivity index (χ2v) is 5.59.